The molecule has 0 unspecified atom stereocenters. The first-order chi connectivity index (χ1) is 14.2. The minimum Gasteiger partial charge on any atom is -0.383 e. The summed E-state index contributed by atoms with van der Waals surface area (Å²) in [5.41, 5.74) is 8.81. The van der Waals surface area contributed by atoms with Crippen molar-refractivity contribution in [1.29, 1.82) is 5.53 Å². The number of anilines is 2. The van der Waals surface area contributed by atoms with Crippen molar-refractivity contribution in [2.24, 2.45) is 5.11 Å². The van der Waals surface area contributed by atoms with Crippen LogP contribution in [0.1, 0.15) is 12.8 Å². The van der Waals surface area contributed by atoms with E-state index in [1.165, 1.54) is 17.6 Å². The molecule has 6 nitrogen and oxygen atoms in total. The Kier molecular flexibility index (Phi) is 6.31. The van der Waals surface area contributed by atoms with Gasteiger partial charge in [0.1, 0.15) is 17.3 Å². The Bertz CT molecular complexity index is 967. The largest absolute Gasteiger partial charge is 0.383 e. The summed E-state index contributed by atoms with van der Waals surface area (Å²) in [6.07, 6.45) is 2.21. The Hall–Kier alpha value is -2.58. The lowest BCUT2D eigenvalue weighted by atomic mass is 10.2. The molecular formula is C21H25FN6S. The average Bonchev–Trinajstić information content (AvgIpc) is 3.17. The number of benzene rings is 2. The number of unbranched alkanes of at least 4 members (excludes halogenated alkanes) is 1. The van der Waals surface area contributed by atoms with Crippen LogP contribution in [0, 0.1) is 11.3 Å². The van der Waals surface area contributed by atoms with E-state index in [-0.39, 0.29) is 5.82 Å². The van der Waals surface area contributed by atoms with Gasteiger partial charge in [0.25, 0.3) is 0 Å². The summed E-state index contributed by atoms with van der Waals surface area (Å²) in [7, 11) is 0. The highest BCUT2D eigenvalue weighted by molar-refractivity contribution is 7.13. The van der Waals surface area contributed by atoms with Crippen molar-refractivity contribution < 1.29 is 4.39 Å². The maximum atomic E-state index is 13.4. The standard InChI is InChI=1S/C21H25FN6S/c22-16-7-8-17-20(15-16)29-26-21(17)28-13-11-27(12-14-28)10-4-3-9-24-18-5-1-2-6-19(18)25-23/h1-2,5-8,15,23-24H,3-4,9-14H2. The van der Waals surface area contributed by atoms with Crippen molar-refractivity contribution in [3.63, 3.8) is 0 Å². The van der Waals surface area contributed by atoms with Crippen LogP contribution < -0.4 is 10.2 Å². The van der Waals surface area contributed by atoms with Gasteiger partial charge in [-0.15, -0.1) is 0 Å². The molecule has 1 aromatic heterocycles. The van der Waals surface area contributed by atoms with Crippen molar-refractivity contribution >= 4 is 38.8 Å². The summed E-state index contributed by atoms with van der Waals surface area (Å²) < 4.78 is 18.9. The van der Waals surface area contributed by atoms with Crippen LogP contribution in [0.5, 0.6) is 0 Å². The number of rotatable bonds is 8. The molecule has 1 aliphatic rings. The third-order valence-electron chi connectivity index (χ3n) is 5.33. The number of halogens is 1. The molecule has 0 atom stereocenters. The van der Waals surface area contributed by atoms with Crippen LogP contribution in [0.25, 0.3) is 10.1 Å². The molecule has 0 amide bonds. The van der Waals surface area contributed by atoms with Crippen LogP contribution >= 0.6 is 11.5 Å². The van der Waals surface area contributed by atoms with E-state index in [0.29, 0.717) is 5.69 Å². The lowest BCUT2D eigenvalue weighted by molar-refractivity contribution is 0.253. The number of piperazine rings is 1. The van der Waals surface area contributed by atoms with Crippen LogP contribution in [-0.4, -0.2) is 48.5 Å². The molecule has 0 spiro atoms. The molecule has 8 heteroatoms. The van der Waals surface area contributed by atoms with E-state index in [9.17, 15) is 4.39 Å². The number of hydrogen-bond donors (Lipinski definition) is 2. The Labute approximate surface area is 174 Å². The molecule has 0 bridgehead atoms. The zero-order chi connectivity index (χ0) is 20.1. The van der Waals surface area contributed by atoms with Crippen molar-refractivity contribution in [2.75, 3.05) is 49.5 Å². The Balaban J connectivity index is 1.20. The fraction of sp³-hybridized carbons (Fsp3) is 0.381. The highest BCUT2D eigenvalue weighted by atomic mass is 32.1. The summed E-state index contributed by atoms with van der Waals surface area (Å²) in [6, 6.07) is 12.6. The van der Waals surface area contributed by atoms with Gasteiger partial charge in [-0.25, -0.2) is 9.92 Å². The zero-order valence-electron chi connectivity index (χ0n) is 16.3. The molecule has 2 aromatic carbocycles. The van der Waals surface area contributed by atoms with E-state index in [2.05, 4.69) is 24.6 Å². The van der Waals surface area contributed by atoms with Gasteiger partial charge in [0.05, 0.1) is 10.4 Å². The Morgan fingerprint density at radius 1 is 1.10 bits per heavy atom. The monoisotopic (exact) mass is 412 g/mol. The molecule has 2 N–H and O–H groups in total. The van der Waals surface area contributed by atoms with E-state index in [0.717, 1.165) is 73.7 Å². The van der Waals surface area contributed by atoms with Crippen LogP contribution in [0.15, 0.2) is 47.6 Å². The Morgan fingerprint density at radius 3 is 2.76 bits per heavy atom. The molecule has 0 saturated carbocycles. The van der Waals surface area contributed by atoms with Gasteiger partial charge in [-0.1, -0.05) is 12.1 Å². The normalized spacial score (nSPS) is 15.0. The first-order valence-electron chi connectivity index (χ1n) is 9.97. The number of para-hydroxylation sites is 2. The van der Waals surface area contributed by atoms with Gasteiger partial charge < -0.3 is 10.2 Å². The quantitative estimate of drug-likeness (QED) is 0.398. The molecule has 0 aliphatic carbocycles. The summed E-state index contributed by atoms with van der Waals surface area (Å²) in [6.45, 7) is 5.92. The topological polar surface area (TPSA) is 67.6 Å². The molecule has 4 rings (SSSR count). The second-order valence-electron chi connectivity index (χ2n) is 7.24. The second kappa shape index (κ2) is 9.28. The Morgan fingerprint density at radius 2 is 1.93 bits per heavy atom. The summed E-state index contributed by atoms with van der Waals surface area (Å²) in [5, 5.41) is 7.97. The average molecular weight is 413 g/mol. The van der Waals surface area contributed by atoms with Gasteiger partial charge >= 0.3 is 0 Å². The molecule has 3 aromatic rings. The van der Waals surface area contributed by atoms with Crippen molar-refractivity contribution in [2.45, 2.75) is 12.8 Å². The molecule has 0 radical (unpaired) electrons. The minimum absolute atomic E-state index is 0.204. The van der Waals surface area contributed by atoms with Gasteiger partial charge in [0, 0.05) is 38.1 Å². The van der Waals surface area contributed by atoms with Gasteiger partial charge in [0.15, 0.2) is 0 Å². The molecule has 1 saturated heterocycles. The predicted octanol–water partition coefficient (Wildman–Crippen LogP) is 5.11. The van der Waals surface area contributed by atoms with Gasteiger partial charge in [-0.2, -0.15) is 9.49 Å². The van der Waals surface area contributed by atoms with E-state index in [4.69, 9.17) is 5.53 Å². The molecule has 29 heavy (non-hydrogen) atoms. The molecule has 1 aliphatic heterocycles. The summed E-state index contributed by atoms with van der Waals surface area (Å²) in [5.74, 6) is 0.789. The summed E-state index contributed by atoms with van der Waals surface area (Å²) >= 11 is 1.37. The minimum atomic E-state index is -0.204. The van der Waals surface area contributed by atoms with E-state index in [1.807, 2.05) is 30.3 Å². The maximum absolute atomic E-state index is 13.4. The lowest BCUT2D eigenvalue weighted by Gasteiger charge is -2.35. The second-order valence-corrected chi connectivity index (χ2v) is 8.04. The highest BCUT2D eigenvalue weighted by Gasteiger charge is 2.20. The van der Waals surface area contributed by atoms with E-state index >= 15 is 0 Å². The summed E-state index contributed by atoms with van der Waals surface area (Å²) in [4.78, 5) is 4.81. The first kappa shape index (κ1) is 19.7. The van der Waals surface area contributed by atoms with Crippen LogP contribution in [0.2, 0.25) is 0 Å². The van der Waals surface area contributed by atoms with Gasteiger partial charge in [-0.3, -0.25) is 4.90 Å². The van der Waals surface area contributed by atoms with Crippen molar-refractivity contribution in [3.8, 4) is 0 Å². The molecule has 152 valence electrons. The zero-order valence-corrected chi connectivity index (χ0v) is 17.1. The van der Waals surface area contributed by atoms with Gasteiger partial charge in [0.2, 0.25) is 0 Å². The first-order valence-corrected chi connectivity index (χ1v) is 10.7. The number of nitrogens with zero attached hydrogens (tertiary/aromatic N) is 4. The van der Waals surface area contributed by atoms with Crippen molar-refractivity contribution in [3.05, 3.63) is 48.3 Å². The maximum Gasteiger partial charge on any atom is 0.150 e. The van der Waals surface area contributed by atoms with Crippen LogP contribution in [0.4, 0.5) is 21.6 Å². The highest BCUT2D eigenvalue weighted by Crippen LogP contribution is 2.30. The number of aromatic nitrogens is 1. The molecule has 1 fully saturated rings. The smallest absolute Gasteiger partial charge is 0.150 e. The third-order valence-corrected chi connectivity index (χ3v) is 6.13. The van der Waals surface area contributed by atoms with Gasteiger partial charge in [-0.05, 0) is 61.3 Å². The van der Waals surface area contributed by atoms with E-state index < -0.39 is 0 Å². The molecular weight excluding hydrogens is 387 g/mol. The number of fused-ring (bicyclic) bond motifs is 1. The van der Waals surface area contributed by atoms with E-state index in [1.54, 1.807) is 6.07 Å². The number of nitrogens with one attached hydrogen (secondary N) is 2. The van der Waals surface area contributed by atoms with Crippen LogP contribution in [0.3, 0.4) is 0 Å². The number of hydrogen-bond acceptors (Lipinski definition) is 7. The molecule has 2 heterocycles. The van der Waals surface area contributed by atoms with Crippen LogP contribution in [-0.2, 0) is 0 Å². The fourth-order valence-corrected chi connectivity index (χ4v) is 4.54. The lowest BCUT2D eigenvalue weighted by Crippen LogP contribution is -2.46. The SMILES string of the molecule is N=Nc1ccccc1NCCCCN1CCN(c2nsc3cc(F)ccc23)CC1. The van der Waals surface area contributed by atoms with Crippen molar-refractivity contribution in [1.82, 2.24) is 9.27 Å². The third kappa shape index (κ3) is 4.71. The predicted molar refractivity (Wildman–Crippen MR) is 117 cm³/mol. The fourth-order valence-electron chi connectivity index (χ4n) is 3.71.